The minimum absolute atomic E-state index is 0.397. The van der Waals surface area contributed by atoms with E-state index in [1.807, 2.05) is 4.90 Å². The van der Waals surface area contributed by atoms with Crippen LogP contribution in [0.5, 0.6) is 5.75 Å². The molecule has 0 spiro atoms. The summed E-state index contributed by atoms with van der Waals surface area (Å²) in [6, 6.07) is 6.65. The van der Waals surface area contributed by atoms with Crippen molar-refractivity contribution in [2.45, 2.75) is 31.3 Å². The molecule has 1 saturated heterocycles. The van der Waals surface area contributed by atoms with Crippen molar-refractivity contribution in [3.63, 3.8) is 0 Å². The number of methoxy groups -OCH3 is 1. The van der Waals surface area contributed by atoms with E-state index in [0.29, 0.717) is 30.0 Å². The molecule has 1 fully saturated rings. The number of benzene rings is 1. The molecule has 2 unspecified atom stereocenters. The van der Waals surface area contributed by atoms with Gasteiger partial charge in [0, 0.05) is 12.1 Å². The Morgan fingerprint density at radius 3 is 2.92 bits per heavy atom. The molecular formula is C18H20FNO4. The van der Waals surface area contributed by atoms with Crippen LogP contribution in [0.3, 0.4) is 0 Å². The topological polar surface area (TPSA) is 62.9 Å². The molecule has 2 heterocycles. The Bertz CT molecular complexity index is 701. The number of hydrogen-bond acceptors (Lipinski definition) is 4. The highest BCUT2D eigenvalue weighted by Gasteiger charge is 2.37. The highest BCUT2D eigenvalue weighted by Crippen LogP contribution is 2.38. The van der Waals surface area contributed by atoms with Gasteiger partial charge in [0.05, 0.1) is 19.4 Å². The summed E-state index contributed by atoms with van der Waals surface area (Å²) in [6.07, 6.45) is 3.84. The summed E-state index contributed by atoms with van der Waals surface area (Å²) in [4.78, 5) is 13.6. The lowest BCUT2D eigenvalue weighted by molar-refractivity contribution is -0.145. The molecule has 1 aliphatic heterocycles. The fourth-order valence-corrected chi connectivity index (χ4v) is 3.39. The van der Waals surface area contributed by atoms with Crippen LogP contribution in [0.15, 0.2) is 41.0 Å². The van der Waals surface area contributed by atoms with Gasteiger partial charge in [0.2, 0.25) is 0 Å². The Morgan fingerprint density at radius 2 is 2.25 bits per heavy atom. The van der Waals surface area contributed by atoms with Gasteiger partial charge in [-0.15, -0.1) is 0 Å². The van der Waals surface area contributed by atoms with Gasteiger partial charge in [-0.3, -0.25) is 9.69 Å². The monoisotopic (exact) mass is 333 g/mol. The van der Waals surface area contributed by atoms with Crippen molar-refractivity contribution >= 4 is 5.97 Å². The van der Waals surface area contributed by atoms with E-state index in [-0.39, 0.29) is 0 Å². The van der Waals surface area contributed by atoms with Crippen molar-refractivity contribution < 1.29 is 23.4 Å². The first-order valence-corrected chi connectivity index (χ1v) is 7.97. The third kappa shape index (κ3) is 3.14. The van der Waals surface area contributed by atoms with E-state index >= 15 is 0 Å². The summed E-state index contributed by atoms with van der Waals surface area (Å²) in [7, 11) is 1.51. The Hall–Kier alpha value is -2.34. The van der Waals surface area contributed by atoms with Crippen molar-refractivity contribution in [1.82, 2.24) is 4.90 Å². The molecule has 1 N–H and O–H groups in total. The lowest BCUT2D eigenvalue weighted by Crippen LogP contribution is -2.46. The van der Waals surface area contributed by atoms with Crippen LogP contribution in [0.1, 0.15) is 36.6 Å². The van der Waals surface area contributed by atoms with Crippen LogP contribution in [-0.4, -0.2) is 35.7 Å². The summed E-state index contributed by atoms with van der Waals surface area (Å²) in [5.41, 5.74) is 0.570. The number of carboxylic acids is 1. The number of halogens is 1. The summed E-state index contributed by atoms with van der Waals surface area (Å²) < 4.78 is 24.8. The highest BCUT2D eigenvalue weighted by atomic mass is 19.1. The first-order chi connectivity index (χ1) is 11.6. The van der Waals surface area contributed by atoms with Crippen LogP contribution in [0.25, 0.3) is 0 Å². The molecule has 6 heteroatoms. The van der Waals surface area contributed by atoms with E-state index in [0.717, 1.165) is 12.8 Å². The van der Waals surface area contributed by atoms with Gasteiger partial charge in [-0.2, -0.15) is 0 Å². The van der Waals surface area contributed by atoms with Crippen molar-refractivity contribution in [2.75, 3.05) is 13.7 Å². The van der Waals surface area contributed by atoms with Crippen LogP contribution in [-0.2, 0) is 4.79 Å². The smallest absolute Gasteiger partial charge is 0.320 e. The standard InChI is InChI=1S/C18H20FNO4/c1-23-15-8-7-12(19)11-13(15)17(16-6-4-10-24-16)20-9-3-2-5-14(20)18(21)22/h4,6-8,10-11,14,17H,2-3,5,9H2,1H3,(H,21,22). The van der Waals surface area contributed by atoms with E-state index in [1.165, 1.54) is 25.5 Å². The van der Waals surface area contributed by atoms with E-state index in [2.05, 4.69) is 0 Å². The second kappa shape index (κ2) is 7.05. The first kappa shape index (κ1) is 16.5. The van der Waals surface area contributed by atoms with Crippen LogP contribution >= 0.6 is 0 Å². The predicted molar refractivity (Wildman–Crippen MR) is 85.5 cm³/mol. The maximum absolute atomic E-state index is 13.9. The van der Waals surface area contributed by atoms with Gasteiger partial charge in [0.1, 0.15) is 23.4 Å². The molecule has 1 aromatic heterocycles. The number of carboxylic acid groups (broad SMARTS) is 1. The predicted octanol–water partition coefficient (Wildman–Crippen LogP) is 3.46. The van der Waals surface area contributed by atoms with Crippen LogP contribution in [0, 0.1) is 5.82 Å². The van der Waals surface area contributed by atoms with Gasteiger partial charge < -0.3 is 14.3 Å². The number of ether oxygens (including phenoxy) is 1. The van der Waals surface area contributed by atoms with Crippen molar-refractivity contribution in [1.29, 1.82) is 0 Å². The number of carbonyl (C=O) groups is 1. The number of hydrogen-bond donors (Lipinski definition) is 1. The normalized spacial score (nSPS) is 19.8. The third-order valence-corrected chi connectivity index (χ3v) is 4.46. The average Bonchev–Trinajstić information content (AvgIpc) is 3.10. The minimum Gasteiger partial charge on any atom is -0.496 e. The molecule has 5 nitrogen and oxygen atoms in total. The summed E-state index contributed by atoms with van der Waals surface area (Å²) >= 11 is 0. The third-order valence-electron chi connectivity index (χ3n) is 4.46. The van der Waals surface area contributed by atoms with Gasteiger partial charge in [0.25, 0.3) is 0 Å². The molecule has 0 bridgehead atoms. The Balaban J connectivity index is 2.11. The number of piperidine rings is 1. The largest absolute Gasteiger partial charge is 0.496 e. The summed E-state index contributed by atoms with van der Waals surface area (Å²) in [6.45, 7) is 0.599. The van der Waals surface area contributed by atoms with Gasteiger partial charge in [0.15, 0.2) is 0 Å². The fraction of sp³-hybridized carbons (Fsp3) is 0.389. The van der Waals surface area contributed by atoms with Crippen molar-refractivity contribution in [3.8, 4) is 5.75 Å². The number of furan rings is 1. The number of nitrogens with zero attached hydrogens (tertiary/aromatic N) is 1. The Morgan fingerprint density at radius 1 is 1.42 bits per heavy atom. The quantitative estimate of drug-likeness (QED) is 0.908. The van der Waals surface area contributed by atoms with Crippen LogP contribution in [0.2, 0.25) is 0 Å². The lowest BCUT2D eigenvalue weighted by atomic mass is 9.94. The second-order valence-electron chi connectivity index (χ2n) is 5.89. The Kier molecular flexibility index (Phi) is 4.85. The van der Waals surface area contributed by atoms with Crippen molar-refractivity contribution in [2.24, 2.45) is 0 Å². The van der Waals surface area contributed by atoms with E-state index in [9.17, 15) is 14.3 Å². The van der Waals surface area contributed by atoms with E-state index in [4.69, 9.17) is 9.15 Å². The molecule has 1 aliphatic rings. The van der Waals surface area contributed by atoms with Crippen LogP contribution in [0.4, 0.5) is 4.39 Å². The molecule has 24 heavy (non-hydrogen) atoms. The maximum atomic E-state index is 13.9. The molecule has 0 aliphatic carbocycles. The van der Waals surface area contributed by atoms with Gasteiger partial charge in [-0.1, -0.05) is 6.42 Å². The van der Waals surface area contributed by atoms with Gasteiger partial charge in [-0.25, -0.2) is 4.39 Å². The molecule has 1 aromatic carbocycles. The zero-order valence-electron chi connectivity index (χ0n) is 13.4. The number of likely N-dealkylation sites (tertiary alicyclic amines) is 1. The second-order valence-corrected chi connectivity index (χ2v) is 5.89. The summed E-state index contributed by atoms with van der Waals surface area (Å²) in [5.74, 6) is -0.188. The Labute approximate surface area is 139 Å². The molecule has 0 saturated carbocycles. The average molecular weight is 333 g/mol. The molecule has 2 aromatic rings. The lowest BCUT2D eigenvalue weighted by Gasteiger charge is -2.38. The van der Waals surface area contributed by atoms with Gasteiger partial charge in [-0.05, 0) is 43.2 Å². The number of rotatable bonds is 5. The van der Waals surface area contributed by atoms with Crippen molar-refractivity contribution in [3.05, 3.63) is 53.7 Å². The minimum atomic E-state index is -0.873. The number of aliphatic carboxylic acids is 1. The molecule has 128 valence electrons. The molecular weight excluding hydrogens is 313 g/mol. The highest BCUT2D eigenvalue weighted by molar-refractivity contribution is 5.73. The zero-order chi connectivity index (χ0) is 17.1. The van der Waals surface area contributed by atoms with E-state index in [1.54, 1.807) is 18.2 Å². The fourth-order valence-electron chi connectivity index (χ4n) is 3.39. The SMILES string of the molecule is COc1ccc(F)cc1C(c1ccco1)N1CCCCC1C(=O)O. The summed E-state index contributed by atoms with van der Waals surface area (Å²) in [5, 5.41) is 9.61. The van der Waals surface area contributed by atoms with Crippen LogP contribution < -0.4 is 4.74 Å². The maximum Gasteiger partial charge on any atom is 0.320 e. The molecule has 0 radical (unpaired) electrons. The van der Waals surface area contributed by atoms with E-state index < -0.39 is 23.9 Å². The molecule has 2 atom stereocenters. The van der Waals surface area contributed by atoms with Gasteiger partial charge >= 0.3 is 5.97 Å². The molecule has 0 amide bonds. The first-order valence-electron chi connectivity index (χ1n) is 7.97. The molecule has 3 rings (SSSR count). The zero-order valence-corrected chi connectivity index (χ0v) is 13.4.